The highest BCUT2D eigenvalue weighted by Crippen LogP contribution is 2.44. The normalized spacial score (nSPS) is 18.5. The van der Waals surface area contributed by atoms with Gasteiger partial charge in [-0.15, -0.1) is 0 Å². The van der Waals surface area contributed by atoms with Gasteiger partial charge in [0.25, 0.3) is 0 Å². The summed E-state index contributed by atoms with van der Waals surface area (Å²) in [6, 6.07) is 12.3. The number of hydrogen-bond donors (Lipinski definition) is 5. The maximum absolute atomic E-state index is 12.2. The number of fused-ring (bicyclic) bond motifs is 4. The molecule has 1 aliphatic carbocycles. The molecule has 3 aliphatic rings. The van der Waals surface area contributed by atoms with E-state index in [1.807, 2.05) is 62.0 Å². The first kappa shape index (κ1) is 35.7. The van der Waals surface area contributed by atoms with Crippen LogP contribution in [0.1, 0.15) is 50.7 Å². The smallest absolute Gasteiger partial charge is 0.315 e. The summed E-state index contributed by atoms with van der Waals surface area (Å²) < 4.78 is 29.0. The lowest BCUT2D eigenvalue weighted by Crippen LogP contribution is -2.36. The van der Waals surface area contributed by atoms with Crippen molar-refractivity contribution in [3.05, 3.63) is 47.5 Å². The molecular formula is C36H48N6O7S. The average Bonchev–Trinajstić information content (AvgIpc) is 3.86. The zero-order chi connectivity index (χ0) is 34.7. The topological polar surface area (TPSA) is 157 Å². The molecule has 50 heavy (non-hydrogen) atoms. The molecule has 3 aromatic rings. The minimum atomic E-state index is -0.0607. The van der Waals surface area contributed by atoms with Gasteiger partial charge in [0.15, 0.2) is 17.3 Å². The number of thioether (sulfide) groups is 1. The van der Waals surface area contributed by atoms with Crippen LogP contribution in [-0.4, -0.2) is 98.0 Å². The van der Waals surface area contributed by atoms with Gasteiger partial charge in [0.1, 0.15) is 12.4 Å². The van der Waals surface area contributed by atoms with Crippen molar-refractivity contribution in [1.29, 1.82) is 0 Å². The Morgan fingerprint density at radius 3 is 2.64 bits per heavy atom. The van der Waals surface area contributed by atoms with E-state index in [2.05, 4.69) is 31.5 Å². The fraction of sp³-hybridized carbons (Fsp3) is 0.528. The van der Waals surface area contributed by atoms with E-state index in [1.54, 1.807) is 0 Å². The van der Waals surface area contributed by atoms with Crippen LogP contribution >= 0.6 is 11.8 Å². The summed E-state index contributed by atoms with van der Waals surface area (Å²) in [4.78, 5) is 23.7. The maximum Gasteiger partial charge on any atom is 0.315 e. The highest BCUT2D eigenvalue weighted by atomic mass is 32.2. The van der Waals surface area contributed by atoms with E-state index in [9.17, 15) is 9.59 Å². The summed E-state index contributed by atoms with van der Waals surface area (Å²) in [6.45, 7) is 7.58. The highest BCUT2D eigenvalue weighted by molar-refractivity contribution is 8.00. The Hall–Kier alpha value is -4.14. The lowest BCUT2D eigenvalue weighted by atomic mass is 10.0. The van der Waals surface area contributed by atoms with E-state index in [0.717, 1.165) is 71.1 Å². The van der Waals surface area contributed by atoms with Crippen LogP contribution in [0.15, 0.2) is 36.4 Å². The summed E-state index contributed by atoms with van der Waals surface area (Å²) in [7, 11) is 0. The Kier molecular flexibility index (Phi) is 12.6. The van der Waals surface area contributed by atoms with E-state index in [1.165, 1.54) is 0 Å². The fourth-order valence-corrected chi connectivity index (χ4v) is 8.08. The van der Waals surface area contributed by atoms with Crippen molar-refractivity contribution in [3.8, 4) is 28.5 Å². The van der Waals surface area contributed by atoms with Crippen LogP contribution in [0.3, 0.4) is 0 Å². The van der Waals surface area contributed by atoms with Crippen molar-refractivity contribution >= 4 is 35.2 Å². The predicted octanol–water partition coefficient (Wildman–Crippen LogP) is 4.78. The second kappa shape index (κ2) is 17.7. The second-order valence-electron chi connectivity index (χ2n) is 12.4. The van der Waals surface area contributed by atoms with E-state index < -0.39 is 0 Å². The second-order valence-corrected chi connectivity index (χ2v) is 13.6. The molecule has 2 aromatic carbocycles. The molecule has 13 nitrogen and oxygen atoms in total. The molecule has 0 bridgehead atoms. The zero-order valence-electron chi connectivity index (χ0n) is 28.8. The minimum absolute atomic E-state index is 0.0391. The van der Waals surface area contributed by atoms with Gasteiger partial charge in [0.2, 0.25) is 5.91 Å². The summed E-state index contributed by atoms with van der Waals surface area (Å²) in [6.07, 6.45) is 4.04. The van der Waals surface area contributed by atoms with E-state index in [0.29, 0.717) is 76.0 Å². The van der Waals surface area contributed by atoms with Crippen molar-refractivity contribution < 1.29 is 33.3 Å². The van der Waals surface area contributed by atoms with Gasteiger partial charge in [0.05, 0.1) is 57.4 Å². The predicted molar refractivity (Wildman–Crippen MR) is 193 cm³/mol. The zero-order valence-corrected chi connectivity index (χ0v) is 29.6. The van der Waals surface area contributed by atoms with E-state index in [4.69, 9.17) is 23.7 Å². The first-order valence-corrected chi connectivity index (χ1v) is 18.7. The molecule has 3 atom stereocenters. The number of hydrogen-bond acceptors (Lipinski definition) is 10. The van der Waals surface area contributed by atoms with Crippen molar-refractivity contribution in [3.63, 3.8) is 0 Å². The van der Waals surface area contributed by atoms with Crippen LogP contribution in [0.4, 0.5) is 16.3 Å². The summed E-state index contributed by atoms with van der Waals surface area (Å²) >= 11 is 1.90. The van der Waals surface area contributed by atoms with Crippen molar-refractivity contribution in [1.82, 2.24) is 26.1 Å². The lowest BCUT2D eigenvalue weighted by molar-refractivity contribution is -0.121. The number of carbonyl (C=O) groups is 2. The van der Waals surface area contributed by atoms with Gasteiger partial charge in [-0.2, -0.15) is 16.9 Å². The number of carbonyl (C=O) groups excluding carboxylic acids is 2. The summed E-state index contributed by atoms with van der Waals surface area (Å²) in [5.41, 5.74) is 5.17. The maximum atomic E-state index is 12.2. The minimum Gasteiger partial charge on any atom is -0.494 e. The lowest BCUT2D eigenvalue weighted by Gasteiger charge is -2.16. The van der Waals surface area contributed by atoms with Crippen LogP contribution in [0.5, 0.6) is 17.2 Å². The molecule has 6 rings (SSSR count). The number of nitrogens with zero attached hydrogens (tertiary/aromatic N) is 1. The number of unbranched alkanes of at least 4 members (excludes halogenated alkanes) is 1. The molecule has 2 aliphatic heterocycles. The van der Waals surface area contributed by atoms with Crippen LogP contribution in [0.2, 0.25) is 0 Å². The molecule has 2 saturated heterocycles. The number of ether oxygens (including phenoxy) is 5. The van der Waals surface area contributed by atoms with Crippen LogP contribution in [0.25, 0.3) is 11.3 Å². The monoisotopic (exact) mass is 708 g/mol. The molecule has 3 amide bonds. The van der Waals surface area contributed by atoms with Gasteiger partial charge >= 0.3 is 6.03 Å². The molecule has 3 unspecified atom stereocenters. The SMILES string of the molecule is CCOc1cccc(Nc2n[nH]c3c2Cc2cc(OCC)c(OCCOCCOCCNC(=O)CCCCC4SCC5NC(=O)NC54)cc2-3)c1. The van der Waals surface area contributed by atoms with Gasteiger partial charge in [-0.1, -0.05) is 12.5 Å². The third-order valence-corrected chi connectivity index (χ3v) is 10.4. The van der Waals surface area contributed by atoms with Gasteiger partial charge < -0.3 is 45.0 Å². The quantitative estimate of drug-likeness (QED) is 0.0603. The third kappa shape index (κ3) is 9.15. The van der Waals surface area contributed by atoms with Gasteiger partial charge in [-0.3, -0.25) is 9.89 Å². The molecule has 0 saturated carbocycles. The van der Waals surface area contributed by atoms with E-state index in [-0.39, 0.29) is 24.0 Å². The molecule has 2 fully saturated rings. The highest BCUT2D eigenvalue weighted by Gasteiger charge is 2.42. The number of nitrogens with one attached hydrogen (secondary N) is 5. The Labute approximate surface area is 297 Å². The number of rotatable bonds is 21. The number of H-pyrrole nitrogens is 1. The van der Waals surface area contributed by atoms with Gasteiger partial charge in [-0.25, -0.2) is 4.79 Å². The van der Waals surface area contributed by atoms with Crippen LogP contribution in [0, 0.1) is 0 Å². The first-order chi connectivity index (χ1) is 24.5. The standard InChI is InChI=1S/C36H48N6O7S/c1-3-47-25-9-7-8-24(20-25)38-35-27-18-23-19-29(48-4-2)30(21-26(23)33(27)41-42-35)49-17-16-46-15-14-45-13-12-37-32(43)11-6-5-10-31-34-28(22-50-31)39-36(44)40-34/h7-9,19-21,28,31,34H,3-6,10-18,22H2,1-2H3,(H,37,43)(H2,38,41,42)(H2,39,40,44). The number of benzene rings is 2. The number of aromatic amines is 1. The summed E-state index contributed by atoms with van der Waals surface area (Å²) in [5.74, 6) is 3.95. The Morgan fingerprint density at radius 2 is 1.78 bits per heavy atom. The number of urea groups is 1. The largest absolute Gasteiger partial charge is 0.494 e. The molecule has 14 heteroatoms. The van der Waals surface area contributed by atoms with Gasteiger partial charge in [-0.05, 0) is 56.5 Å². The number of anilines is 2. The summed E-state index contributed by atoms with van der Waals surface area (Å²) in [5, 5.41) is 20.5. The molecule has 270 valence electrons. The molecule has 0 radical (unpaired) electrons. The Bertz CT molecular complexity index is 1600. The van der Waals surface area contributed by atoms with Crippen molar-refractivity contribution in [2.24, 2.45) is 0 Å². The first-order valence-electron chi connectivity index (χ1n) is 17.6. The molecule has 0 spiro atoms. The Balaban J connectivity index is 0.849. The number of aromatic nitrogens is 2. The molecule has 3 heterocycles. The molecule has 5 N–H and O–H groups in total. The van der Waals surface area contributed by atoms with Crippen LogP contribution in [-0.2, 0) is 20.7 Å². The third-order valence-electron chi connectivity index (χ3n) is 8.89. The van der Waals surface area contributed by atoms with E-state index >= 15 is 0 Å². The molecule has 1 aromatic heterocycles. The molecular weight excluding hydrogens is 660 g/mol. The number of amides is 3. The Morgan fingerprint density at radius 1 is 0.960 bits per heavy atom. The van der Waals surface area contributed by atoms with Crippen molar-refractivity contribution in [2.45, 2.75) is 63.3 Å². The van der Waals surface area contributed by atoms with Crippen LogP contribution < -0.4 is 35.5 Å². The van der Waals surface area contributed by atoms with Crippen molar-refractivity contribution in [2.75, 3.05) is 63.9 Å². The average molecular weight is 709 g/mol. The van der Waals surface area contributed by atoms with Gasteiger partial charge in [0, 0.05) is 53.3 Å². The fourth-order valence-electron chi connectivity index (χ4n) is 6.54.